The normalized spacial score (nSPS) is 21.9. The highest BCUT2D eigenvalue weighted by molar-refractivity contribution is 6.01. The third-order valence-corrected chi connectivity index (χ3v) is 7.89. The fourth-order valence-corrected chi connectivity index (χ4v) is 5.96. The topological polar surface area (TPSA) is 73.8 Å². The Hall–Kier alpha value is -3.49. The van der Waals surface area contributed by atoms with Crippen LogP contribution >= 0.6 is 0 Å². The van der Waals surface area contributed by atoms with E-state index in [1.54, 1.807) is 25.3 Å². The number of phenolic OH excluding ortho intramolecular Hbond substituents is 1. The van der Waals surface area contributed by atoms with E-state index in [1.165, 1.54) is 0 Å². The molecule has 8 heteroatoms. The monoisotopic (exact) mass is 485 g/mol. The summed E-state index contributed by atoms with van der Waals surface area (Å²) in [5.74, 6) is 1.04. The number of nitrogens with one attached hydrogen (secondary N) is 1. The van der Waals surface area contributed by atoms with Crippen LogP contribution in [0.3, 0.4) is 0 Å². The Balaban J connectivity index is 1.41. The molecule has 36 heavy (non-hydrogen) atoms. The van der Waals surface area contributed by atoms with E-state index in [9.17, 15) is 5.11 Å². The first-order chi connectivity index (χ1) is 17.6. The van der Waals surface area contributed by atoms with E-state index < -0.39 is 5.82 Å². The van der Waals surface area contributed by atoms with Crippen LogP contribution in [0.25, 0.3) is 32.8 Å². The second-order valence-electron chi connectivity index (χ2n) is 10.2. The van der Waals surface area contributed by atoms with Gasteiger partial charge in [0.1, 0.15) is 17.1 Å². The number of anilines is 2. The van der Waals surface area contributed by atoms with Gasteiger partial charge in [-0.2, -0.15) is 4.98 Å². The lowest BCUT2D eigenvalue weighted by Crippen LogP contribution is -2.53. The number of halogens is 1. The highest BCUT2D eigenvalue weighted by Crippen LogP contribution is 2.39. The molecule has 0 saturated carbocycles. The van der Waals surface area contributed by atoms with E-state index in [1.807, 2.05) is 35.2 Å². The van der Waals surface area contributed by atoms with Crippen LogP contribution < -0.4 is 15.1 Å². The van der Waals surface area contributed by atoms with Crippen molar-refractivity contribution in [2.45, 2.75) is 31.0 Å². The molecule has 4 heterocycles. The number of hydrogen-bond donors (Lipinski definition) is 2. The molecule has 3 aromatic carbocycles. The zero-order valence-electron chi connectivity index (χ0n) is 20.1. The summed E-state index contributed by atoms with van der Waals surface area (Å²) in [7, 11) is 1.71. The SMILES string of the molecule is COC1CN(c2nc(N3CC4CCC(C3)N4)c3ccc(-c4cc(O)cc5ccccc45)c(F)c3n2)C1. The number of methoxy groups -OCH3 is 1. The average Bonchev–Trinajstić information content (AvgIpc) is 3.20. The van der Waals surface area contributed by atoms with Crippen LogP contribution in [0, 0.1) is 5.82 Å². The number of benzene rings is 3. The average molecular weight is 486 g/mol. The lowest BCUT2D eigenvalue weighted by molar-refractivity contribution is 0.0778. The van der Waals surface area contributed by atoms with Gasteiger partial charge in [0.05, 0.1) is 6.10 Å². The molecule has 3 fully saturated rings. The number of piperazine rings is 1. The fourth-order valence-electron chi connectivity index (χ4n) is 5.96. The van der Waals surface area contributed by atoms with Crippen molar-refractivity contribution >= 4 is 33.4 Å². The Morgan fingerprint density at radius 2 is 1.69 bits per heavy atom. The van der Waals surface area contributed by atoms with Crippen molar-refractivity contribution in [3.05, 3.63) is 54.3 Å². The molecular weight excluding hydrogens is 457 g/mol. The molecule has 0 aliphatic carbocycles. The number of hydrogen-bond acceptors (Lipinski definition) is 7. The third-order valence-electron chi connectivity index (χ3n) is 7.89. The Morgan fingerprint density at radius 1 is 0.917 bits per heavy atom. The second-order valence-corrected chi connectivity index (χ2v) is 10.2. The van der Waals surface area contributed by atoms with Crippen molar-refractivity contribution in [1.82, 2.24) is 15.3 Å². The third kappa shape index (κ3) is 3.47. The van der Waals surface area contributed by atoms with E-state index >= 15 is 4.39 Å². The largest absolute Gasteiger partial charge is 0.508 e. The quantitative estimate of drug-likeness (QED) is 0.451. The standard InChI is InChI=1S/C28H28FN5O2/c1-36-20-14-34(15-20)28-31-26-23(27(32-28)33-12-17-6-7-18(13-33)30-17)9-8-22(25(26)29)24-11-19(35)10-16-4-2-3-5-21(16)24/h2-5,8-11,17-18,20,30,35H,6-7,12-15H2,1H3. The molecule has 3 saturated heterocycles. The molecule has 4 aromatic rings. The second kappa shape index (κ2) is 8.28. The van der Waals surface area contributed by atoms with Gasteiger partial charge in [-0.3, -0.25) is 0 Å². The first-order valence-corrected chi connectivity index (χ1v) is 12.6. The van der Waals surface area contributed by atoms with E-state index in [-0.39, 0.29) is 11.9 Å². The van der Waals surface area contributed by atoms with Crippen LogP contribution in [-0.4, -0.2) is 66.6 Å². The smallest absolute Gasteiger partial charge is 0.228 e. The molecule has 3 aliphatic rings. The summed E-state index contributed by atoms with van der Waals surface area (Å²) in [4.78, 5) is 14.1. The van der Waals surface area contributed by atoms with Crippen molar-refractivity contribution in [3.63, 3.8) is 0 Å². The van der Waals surface area contributed by atoms with Crippen LogP contribution in [0.1, 0.15) is 12.8 Å². The van der Waals surface area contributed by atoms with E-state index in [0.717, 1.165) is 47.9 Å². The Bertz CT molecular complexity index is 1480. The lowest BCUT2D eigenvalue weighted by Gasteiger charge is -2.39. The molecule has 0 radical (unpaired) electrons. The highest BCUT2D eigenvalue weighted by Gasteiger charge is 2.35. The summed E-state index contributed by atoms with van der Waals surface area (Å²) in [6.07, 6.45) is 2.45. The number of fused-ring (bicyclic) bond motifs is 4. The van der Waals surface area contributed by atoms with Crippen molar-refractivity contribution in [2.24, 2.45) is 0 Å². The van der Waals surface area contributed by atoms with Gasteiger partial charge in [0.25, 0.3) is 0 Å². The van der Waals surface area contributed by atoms with Crippen molar-refractivity contribution in [1.29, 1.82) is 0 Å². The molecule has 2 unspecified atom stereocenters. The molecule has 184 valence electrons. The fraction of sp³-hybridized carbons (Fsp3) is 0.357. The molecule has 0 amide bonds. The zero-order chi connectivity index (χ0) is 24.4. The van der Waals surface area contributed by atoms with E-state index in [0.29, 0.717) is 47.8 Å². The first-order valence-electron chi connectivity index (χ1n) is 12.6. The minimum atomic E-state index is -0.393. The molecule has 0 spiro atoms. The highest BCUT2D eigenvalue weighted by atomic mass is 19.1. The molecule has 1 aromatic heterocycles. The van der Waals surface area contributed by atoms with Gasteiger partial charge in [0.2, 0.25) is 5.95 Å². The van der Waals surface area contributed by atoms with Crippen molar-refractivity contribution in [3.8, 4) is 16.9 Å². The lowest BCUT2D eigenvalue weighted by atomic mass is 9.96. The van der Waals surface area contributed by atoms with Gasteiger partial charge in [-0.15, -0.1) is 0 Å². The molecule has 2 atom stereocenters. The van der Waals surface area contributed by atoms with Gasteiger partial charge in [0, 0.05) is 56.3 Å². The van der Waals surface area contributed by atoms with E-state index in [2.05, 4.69) is 10.2 Å². The van der Waals surface area contributed by atoms with Gasteiger partial charge < -0.3 is 25.0 Å². The maximum absolute atomic E-state index is 16.4. The number of nitrogens with zero attached hydrogens (tertiary/aromatic N) is 4. The summed E-state index contributed by atoms with van der Waals surface area (Å²) in [5, 5.41) is 16.5. The van der Waals surface area contributed by atoms with Crippen LogP contribution in [0.15, 0.2) is 48.5 Å². The number of aromatic nitrogens is 2. The molecule has 2 N–H and O–H groups in total. The van der Waals surface area contributed by atoms with Gasteiger partial charge in [-0.25, -0.2) is 9.37 Å². The summed E-state index contributed by atoms with van der Waals surface area (Å²) in [5.41, 5.74) is 1.38. The molecule has 7 nitrogen and oxygen atoms in total. The number of rotatable bonds is 4. The molecule has 2 bridgehead atoms. The Labute approximate surface area is 208 Å². The van der Waals surface area contributed by atoms with Crippen LogP contribution in [-0.2, 0) is 4.74 Å². The summed E-state index contributed by atoms with van der Waals surface area (Å²) >= 11 is 0. The summed E-state index contributed by atoms with van der Waals surface area (Å²) in [6, 6.07) is 15.6. The molecule has 3 aliphatic heterocycles. The van der Waals surface area contributed by atoms with Crippen molar-refractivity contribution in [2.75, 3.05) is 43.1 Å². The molecule has 7 rings (SSSR count). The van der Waals surface area contributed by atoms with Crippen LogP contribution in [0.5, 0.6) is 5.75 Å². The summed E-state index contributed by atoms with van der Waals surface area (Å²) < 4.78 is 21.8. The summed E-state index contributed by atoms with van der Waals surface area (Å²) in [6.45, 7) is 3.08. The Kier molecular flexibility index (Phi) is 5.01. The predicted octanol–water partition coefficient (Wildman–Crippen LogP) is 4.07. The zero-order valence-corrected chi connectivity index (χ0v) is 20.1. The van der Waals surface area contributed by atoms with Gasteiger partial charge in [-0.05, 0) is 47.4 Å². The number of phenols is 1. The Morgan fingerprint density at radius 3 is 2.47 bits per heavy atom. The van der Waals surface area contributed by atoms with Gasteiger partial charge in [-0.1, -0.05) is 30.3 Å². The van der Waals surface area contributed by atoms with Gasteiger partial charge >= 0.3 is 0 Å². The van der Waals surface area contributed by atoms with E-state index in [4.69, 9.17) is 14.7 Å². The van der Waals surface area contributed by atoms with Crippen LogP contribution in [0.4, 0.5) is 16.2 Å². The maximum Gasteiger partial charge on any atom is 0.228 e. The number of ether oxygens (including phenoxy) is 1. The van der Waals surface area contributed by atoms with Gasteiger partial charge in [0.15, 0.2) is 5.82 Å². The minimum Gasteiger partial charge on any atom is -0.508 e. The maximum atomic E-state index is 16.4. The minimum absolute atomic E-state index is 0.106. The predicted molar refractivity (Wildman–Crippen MR) is 139 cm³/mol. The molecular formula is C28H28FN5O2. The first kappa shape index (κ1) is 21.8. The van der Waals surface area contributed by atoms with Crippen molar-refractivity contribution < 1.29 is 14.2 Å². The van der Waals surface area contributed by atoms with Crippen LogP contribution in [0.2, 0.25) is 0 Å². The number of aromatic hydroxyl groups is 1.